The van der Waals surface area contributed by atoms with Crippen LogP contribution in [0, 0.1) is 5.82 Å². The summed E-state index contributed by atoms with van der Waals surface area (Å²) in [6, 6.07) is 11.5. The summed E-state index contributed by atoms with van der Waals surface area (Å²) in [5, 5.41) is 0. The highest BCUT2D eigenvalue weighted by Crippen LogP contribution is 2.31. The largest absolute Gasteiger partial charge is 0.207 e. The van der Waals surface area contributed by atoms with Crippen LogP contribution in [-0.4, -0.2) is 0 Å². The number of halogens is 1. The molecule has 0 aliphatic heterocycles. The van der Waals surface area contributed by atoms with Crippen LogP contribution in [0.25, 0.3) is 11.1 Å². The van der Waals surface area contributed by atoms with Crippen LogP contribution in [0.15, 0.2) is 36.4 Å². The van der Waals surface area contributed by atoms with Gasteiger partial charge in [0.1, 0.15) is 5.82 Å². The average molecular weight is 270 g/mol. The normalized spacial score (nSPS) is 10.8. The minimum atomic E-state index is -0.172. The van der Waals surface area contributed by atoms with E-state index in [1.165, 1.54) is 22.3 Å². The van der Waals surface area contributed by atoms with E-state index in [-0.39, 0.29) is 5.82 Å². The van der Waals surface area contributed by atoms with Gasteiger partial charge >= 0.3 is 0 Å². The minimum absolute atomic E-state index is 0.172. The van der Waals surface area contributed by atoms with Crippen LogP contribution >= 0.6 is 0 Å². The van der Waals surface area contributed by atoms with E-state index in [0.29, 0.717) is 0 Å². The maximum atomic E-state index is 13.2. The molecule has 0 bridgehead atoms. The van der Waals surface area contributed by atoms with E-state index in [1.807, 2.05) is 12.1 Å². The van der Waals surface area contributed by atoms with Crippen molar-refractivity contribution in [2.75, 3.05) is 0 Å². The van der Waals surface area contributed by atoms with Gasteiger partial charge in [0.25, 0.3) is 0 Å². The predicted molar refractivity (Wildman–Crippen MR) is 84.6 cm³/mol. The highest BCUT2D eigenvalue weighted by Gasteiger charge is 2.11. The molecule has 0 fully saturated rings. The van der Waals surface area contributed by atoms with Crippen molar-refractivity contribution in [2.45, 2.75) is 46.5 Å². The van der Waals surface area contributed by atoms with Gasteiger partial charge in [-0.25, -0.2) is 4.39 Å². The lowest BCUT2D eigenvalue weighted by Gasteiger charge is -2.16. The highest BCUT2D eigenvalue weighted by atomic mass is 19.1. The SMILES string of the molecule is CCCc1cc(CC)cc(CC)c1-c1ccc(F)cc1. The van der Waals surface area contributed by atoms with Crippen molar-refractivity contribution in [3.8, 4) is 11.1 Å². The lowest BCUT2D eigenvalue weighted by molar-refractivity contribution is 0.628. The van der Waals surface area contributed by atoms with Crippen LogP contribution in [0.5, 0.6) is 0 Å². The molecule has 106 valence electrons. The summed E-state index contributed by atoms with van der Waals surface area (Å²) >= 11 is 0. The van der Waals surface area contributed by atoms with Crippen LogP contribution in [-0.2, 0) is 19.3 Å². The number of rotatable bonds is 5. The standard InChI is InChI=1S/C19H23F/c1-4-7-17-13-14(5-2)12-15(6-3)19(17)16-8-10-18(20)11-9-16/h8-13H,4-7H2,1-3H3. The predicted octanol–water partition coefficient (Wildman–Crippen LogP) is 5.57. The fourth-order valence-corrected chi connectivity index (χ4v) is 2.78. The van der Waals surface area contributed by atoms with Gasteiger partial charge in [-0.15, -0.1) is 0 Å². The Hall–Kier alpha value is -1.63. The highest BCUT2D eigenvalue weighted by molar-refractivity contribution is 5.72. The van der Waals surface area contributed by atoms with Crippen molar-refractivity contribution in [1.29, 1.82) is 0 Å². The third-order valence-corrected chi connectivity index (χ3v) is 3.80. The van der Waals surface area contributed by atoms with E-state index in [2.05, 4.69) is 32.9 Å². The van der Waals surface area contributed by atoms with Crippen molar-refractivity contribution in [3.05, 3.63) is 58.9 Å². The summed E-state index contributed by atoms with van der Waals surface area (Å²) in [6.07, 6.45) is 4.28. The Morgan fingerprint density at radius 1 is 0.850 bits per heavy atom. The van der Waals surface area contributed by atoms with Gasteiger partial charge in [0.2, 0.25) is 0 Å². The zero-order valence-corrected chi connectivity index (χ0v) is 12.7. The second-order valence-corrected chi connectivity index (χ2v) is 5.25. The zero-order valence-electron chi connectivity index (χ0n) is 12.7. The summed E-state index contributed by atoms with van der Waals surface area (Å²) in [5.41, 5.74) is 6.62. The Morgan fingerprint density at radius 2 is 1.50 bits per heavy atom. The molecule has 0 N–H and O–H groups in total. The molecule has 0 heterocycles. The summed E-state index contributed by atoms with van der Waals surface area (Å²) in [4.78, 5) is 0. The summed E-state index contributed by atoms with van der Waals surface area (Å²) in [5.74, 6) is -0.172. The van der Waals surface area contributed by atoms with E-state index < -0.39 is 0 Å². The second-order valence-electron chi connectivity index (χ2n) is 5.25. The van der Waals surface area contributed by atoms with Gasteiger partial charge in [0.05, 0.1) is 0 Å². The van der Waals surface area contributed by atoms with Crippen molar-refractivity contribution >= 4 is 0 Å². The first-order valence-corrected chi connectivity index (χ1v) is 7.60. The molecular weight excluding hydrogens is 247 g/mol. The Balaban J connectivity index is 2.61. The van der Waals surface area contributed by atoms with Gasteiger partial charge in [-0.2, -0.15) is 0 Å². The molecule has 2 rings (SSSR count). The van der Waals surface area contributed by atoms with E-state index in [0.717, 1.165) is 31.2 Å². The van der Waals surface area contributed by atoms with Gasteiger partial charge in [-0.3, -0.25) is 0 Å². The molecule has 0 atom stereocenters. The number of benzene rings is 2. The average Bonchev–Trinajstić information content (AvgIpc) is 2.48. The smallest absolute Gasteiger partial charge is 0.123 e. The first-order valence-electron chi connectivity index (χ1n) is 7.60. The molecular formula is C19H23F. The minimum Gasteiger partial charge on any atom is -0.207 e. The van der Waals surface area contributed by atoms with Gasteiger partial charge in [-0.05, 0) is 59.2 Å². The fraction of sp³-hybridized carbons (Fsp3) is 0.368. The Morgan fingerprint density at radius 3 is 2.05 bits per heavy atom. The van der Waals surface area contributed by atoms with Gasteiger partial charge < -0.3 is 0 Å². The Bertz CT molecular complexity index is 567. The molecule has 0 saturated heterocycles. The third kappa shape index (κ3) is 3.09. The van der Waals surface area contributed by atoms with Crippen molar-refractivity contribution in [1.82, 2.24) is 0 Å². The zero-order chi connectivity index (χ0) is 14.5. The van der Waals surface area contributed by atoms with Crippen molar-refractivity contribution in [2.24, 2.45) is 0 Å². The number of aryl methyl sites for hydroxylation is 3. The molecule has 0 amide bonds. The lowest BCUT2D eigenvalue weighted by atomic mass is 9.88. The number of hydrogen-bond acceptors (Lipinski definition) is 0. The molecule has 0 aromatic heterocycles. The first-order chi connectivity index (χ1) is 9.69. The maximum Gasteiger partial charge on any atom is 0.123 e. The van der Waals surface area contributed by atoms with E-state index >= 15 is 0 Å². The van der Waals surface area contributed by atoms with Crippen LogP contribution in [0.3, 0.4) is 0 Å². The molecule has 1 heteroatoms. The van der Waals surface area contributed by atoms with Crippen LogP contribution < -0.4 is 0 Å². The molecule has 0 unspecified atom stereocenters. The Labute approximate surface area is 121 Å². The molecule has 0 radical (unpaired) electrons. The maximum absolute atomic E-state index is 13.2. The quantitative estimate of drug-likeness (QED) is 0.666. The first kappa shape index (κ1) is 14.8. The van der Waals surface area contributed by atoms with Crippen molar-refractivity contribution in [3.63, 3.8) is 0 Å². The lowest BCUT2D eigenvalue weighted by Crippen LogP contribution is -1.98. The van der Waals surface area contributed by atoms with Crippen molar-refractivity contribution < 1.29 is 4.39 Å². The van der Waals surface area contributed by atoms with Gasteiger partial charge in [0.15, 0.2) is 0 Å². The molecule has 2 aromatic rings. The molecule has 0 aliphatic carbocycles. The van der Waals surface area contributed by atoms with Crippen LogP contribution in [0.1, 0.15) is 43.9 Å². The second kappa shape index (κ2) is 6.69. The fourth-order valence-electron chi connectivity index (χ4n) is 2.78. The van der Waals surface area contributed by atoms with E-state index in [4.69, 9.17) is 0 Å². The topological polar surface area (TPSA) is 0 Å². The Kier molecular flexibility index (Phi) is 4.94. The molecule has 0 aliphatic rings. The summed E-state index contributed by atoms with van der Waals surface area (Å²) < 4.78 is 13.2. The van der Waals surface area contributed by atoms with E-state index in [1.54, 1.807) is 12.1 Å². The van der Waals surface area contributed by atoms with Gasteiger partial charge in [-0.1, -0.05) is 51.5 Å². The molecule has 2 aromatic carbocycles. The third-order valence-electron chi connectivity index (χ3n) is 3.80. The monoisotopic (exact) mass is 270 g/mol. The van der Waals surface area contributed by atoms with Crippen LogP contribution in [0.4, 0.5) is 4.39 Å². The number of hydrogen-bond donors (Lipinski definition) is 0. The molecule has 0 saturated carbocycles. The molecule has 20 heavy (non-hydrogen) atoms. The van der Waals surface area contributed by atoms with Crippen LogP contribution in [0.2, 0.25) is 0 Å². The summed E-state index contributed by atoms with van der Waals surface area (Å²) in [6.45, 7) is 6.60. The molecule has 0 spiro atoms. The summed E-state index contributed by atoms with van der Waals surface area (Å²) in [7, 11) is 0. The van der Waals surface area contributed by atoms with E-state index in [9.17, 15) is 4.39 Å². The van der Waals surface area contributed by atoms with Gasteiger partial charge in [0, 0.05) is 0 Å². The molecule has 0 nitrogen and oxygen atoms in total.